The van der Waals surface area contributed by atoms with Crippen LogP contribution in [0.3, 0.4) is 0 Å². The molecule has 0 saturated heterocycles. The molecule has 0 radical (unpaired) electrons. The number of hydrogen-bond acceptors (Lipinski definition) is 3. The van der Waals surface area contributed by atoms with E-state index in [4.69, 9.17) is 11.5 Å². The van der Waals surface area contributed by atoms with Crippen molar-refractivity contribution in [3.05, 3.63) is 0 Å². The van der Waals surface area contributed by atoms with Crippen molar-refractivity contribution in [2.45, 2.75) is 38.6 Å². The van der Waals surface area contributed by atoms with Gasteiger partial charge in [0.2, 0.25) is 11.8 Å². The van der Waals surface area contributed by atoms with Gasteiger partial charge in [0.15, 0.2) is 0 Å². The van der Waals surface area contributed by atoms with E-state index in [1.165, 1.54) is 0 Å². The smallest absolute Gasteiger partial charge is 0.220 e. The average Bonchev–Trinajstić information content (AvgIpc) is 1.99. The number of nitrogens with one attached hydrogen (secondary N) is 1. The molecule has 0 aromatic carbocycles. The van der Waals surface area contributed by atoms with Crippen molar-refractivity contribution in [1.29, 1.82) is 0 Å². The zero-order chi connectivity index (χ0) is 11.2. The summed E-state index contributed by atoms with van der Waals surface area (Å²) >= 11 is 0. The van der Waals surface area contributed by atoms with E-state index in [1.807, 2.05) is 13.8 Å². The molecule has 0 aromatic heterocycles. The zero-order valence-corrected chi connectivity index (χ0v) is 8.80. The van der Waals surface area contributed by atoms with Crippen LogP contribution in [0.1, 0.15) is 33.1 Å². The van der Waals surface area contributed by atoms with Crippen LogP contribution in [0.25, 0.3) is 0 Å². The predicted octanol–water partition coefficient (Wildman–Crippen LogP) is -0.504. The van der Waals surface area contributed by atoms with Gasteiger partial charge in [-0.05, 0) is 20.3 Å². The number of carbonyl (C=O) groups is 2. The monoisotopic (exact) mass is 201 g/mol. The lowest BCUT2D eigenvalue weighted by Gasteiger charge is -2.17. The van der Waals surface area contributed by atoms with Crippen molar-refractivity contribution in [2.24, 2.45) is 11.5 Å². The SMILES string of the molecule is CC(C)(N)CCC(=O)NCCC(N)=O. The fraction of sp³-hybridized carbons (Fsp3) is 0.778. The summed E-state index contributed by atoms with van der Waals surface area (Å²) in [7, 11) is 0. The molecule has 0 aliphatic heterocycles. The highest BCUT2D eigenvalue weighted by Gasteiger charge is 2.12. The van der Waals surface area contributed by atoms with E-state index in [9.17, 15) is 9.59 Å². The first-order valence-electron chi connectivity index (χ1n) is 4.65. The average molecular weight is 201 g/mol. The summed E-state index contributed by atoms with van der Waals surface area (Å²) < 4.78 is 0. The minimum absolute atomic E-state index is 0.0928. The van der Waals surface area contributed by atoms with Gasteiger partial charge >= 0.3 is 0 Å². The van der Waals surface area contributed by atoms with Gasteiger partial charge in [0.25, 0.3) is 0 Å². The second-order valence-electron chi connectivity index (χ2n) is 4.05. The Bertz CT molecular complexity index is 209. The molecule has 0 spiro atoms. The van der Waals surface area contributed by atoms with E-state index in [2.05, 4.69) is 5.32 Å². The van der Waals surface area contributed by atoms with Crippen LogP contribution in [0.2, 0.25) is 0 Å². The first-order valence-corrected chi connectivity index (χ1v) is 4.65. The number of nitrogens with two attached hydrogens (primary N) is 2. The maximum absolute atomic E-state index is 11.2. The molecule has 82 valence electrons. The standard InChI is InChI=1S/C9H19N3O2/c1-9(2,11)5-3-8(14)12-6-4-7(10)13/h3-6,11H2,1-2H3,(H2,10,13)(H,12,14). The molecule has 0 saturated carbocycles. The molecule has 2 amide bonds. The maximum atomic E-state index is 11.2. The van der Waals surface area contributed by atoms with Gasteiger partial charge < -0.3 is 16.8 Å². The summed E-state index contributed by atoms with van der Waals surface area (Å²) in [5, 5.41) is 2.59. The van der Waals surface area contributed by atoms with Gasteiger partial charge in [-0.1, -0.05) is 0 Å². The van der Waals surface area contributed by atoms with Crippen molar-refractivity contribution in [1.82, 2.24) is 5.32 Å². The zero-order valence-electron chi connectivity index (χ0n) is 8.80. The van der Waals surface area contributed by atoms with Crippen molar-refractivity contribution in [2.75, 3.05) is 6.54 Å². The Hall–Kier alpha value is -1.10. The normalized spacial score (nSPS) is 11.1. The highest BCUT2D eigenvalue weighted by molar-refractivity contribution is 5.78. The lowest BCUT2D eigenvalue weighted by molar-refractivity contribution is -0.121. The number of amides is 2. The topological polar surface area (TPSA) is 98.2 Å². The van der Waals surface area contributed by atoms with Gasteiger partial charge in [0.05, 0.1) is 0 Å². The summed E-state index contributed by atoms with van der Waals surface area (Å²) in [4.78, 5) is 21.5. The van der Waals surface area contributed by atoms with Gasteiger partial charge in [-0.25, -0.2) is 0 Å². The molecule has 0 fully saturated rings. The molecule has 0 rings (SSSR count). The minimum atomic E-state index is -0.413. The Morgan fingerprint density at radius 3 is 2.29 bits per heavy atom. The van der Waals surface area contributed by atoms with Crippen LogP contribution in [0, 0.1) is 0 Å². The Balaban J connectivity index is 3.52. The molecule has 5 nitrogen and oxygen atoms in total. The first kappa shape index (κ1) is 12.9. The molecule has 0 heterocycles. The highest BCUT2D eigenvalue weighted by Crippen LogP contribution is 2.06. The molecule has 0 aliphatic rings. The van der Waals surface area contributed by atoms with Crippen molar-refractivity contribution in [3.63, 3.8) is 0 Å². The minimum Gasteiger partial charge on any atom is -0.370 e. The van der Waals surface area contributed by atoms with Crippen LogP contribution in [0.15, 0.2) is 0 Å². The molecular formula is C9H19N3O2. The molecular weight excluding hydrogens is 182 g/mol. The molecule has 0 atom stereocenters. The van der Waals surface area contributed by atoms with Crippen LogP contribution < -0.4 is 16.8 Å². The summed E-state index contributed by atoms with van der Waals surface area (Å²) in [6.45, 7) is 4.03. The van der Waals surface area contributed by atoms with Crippen LogP contribution in [0.4, 0.5) is 0 Å². The Morgan fingerprint density at radius 2 is 1.86 bits per heavy atom. The summed E-state index contributed by atoms with van der Waals surface area (Å²) in [5.74, 6) is -0.505. The number of carbonyl (C=O) groups excluding carboxylic acids is 2. The lowest BCUT2D eigenvalue weighted by Crippen LogP contribution is -2.35. The van der Waals surface area contributed by atoms with Crippen molar-refractivity contribution >= 4 is 11.8 Å². The summed E-state index contributed by atoms with van der Waals surface area (Å²) in [6, 6.07) is 0. The summed E-state index contributed by atoms with van der Waals surface area (Å²) in [6.07, 6.45) is 1.18. The lowest BCUT2D eigenvalue weighted by atomic mass is 10.00. The molecule has 0 unspecified atom stereocenters. The fourth-order valence-corrected chi connectivity index (χ4v) is 0.849. The maximum Gasteiger partial charge on any atom is 0.220 e. The molecule has 0 bridgehead atoms. The predicted molar refractivity (Wildman–Crippen MR) is 54.3 cm³/mol. The van der Waals surface area contributed by atoms with Gasteiger partial charge in [-0.2, -0.15) is 0 Å². The number of primary amides is 1. The van der Waals surface area contributed by atoms with E-state index in [0.29, 0.717) is 19.4 Å². The van der Waals surface area contributed by atoms with Gasteiger partial charge in [0.1, 0.15) is 0 Å². The van der Waals surface area contributed by atoms with E-state index in [0.717, 1.165) is 0 Å². The van der Waals surface area contributed by atoms with E-state index in [-0.39, 0.29) is 17.9 Å². The second kappa shape index (κ2) is 5.59. The van der Waals surface area contributed by atoms with Crippen LogP contribution in [-0.2, 0) is 9.59 Å². The highest BCUT2D eigenvalue weighted by atomic mass is 16.2. The van der Waals surface area contributed by atoms with Crippen molar-refractivity contribution in [3.8, 4) is 0 Å². The van der Waals surface area contributed by atoms with Gasteiger partial charge in [-0.15, -0.1) is 0 Å². The quantitative estimate of drug-likeness (QED) is 0.540. The molecule has 14 heavy (non-hydrogen) atoms. The van der Waals surface area contributed by atoms with E-state index in [1.54, 1.807) is 0 Å². The molecule has 0 aliphatic carbocycles. The second-order valence-corrected chi connectivity index (χ2v) is 4.05. The van der Waals surface area contributed by atoms with E-state index >= 15 is 0 Å². The third-order valence-corrected chi connectivity index (χ3v) is 1.69. The van der Waals surface area contributed by atoms with Gasteiger partial charge in [0, 0.05) is 24.9 Å². The Labute approximate surface area is 84.2 Å². The van der Waals surface area contributed by atoms with Crippen LogP contribution in [-0.4, -0.2) is 23.9 Å². The van der Waals surface area contributed by atoms with Crippen molar-refractivity contribution < 1.29 is 9.59 Å². The third kappa shape index (κ3) is 8.99. The van der Waals surface area contributed by atoms with E-state index < -0.39 is 5.91 Å². The Kier molecular flexibility index (Phi) is 5.15. The van der Waals surface area contributed by atoms with Crippen LogP contribution in [0.5, 0.6) is 0 Å². The number of rotatable bonds is 6. The first-order chi connectivity index (χ1) is 6.31. The molecule has 5 N–H and O–H groups in total. The molecule has 0 aromatic rings. The third-order valence-electron chi connectivity index (χ3n) is 1.69. The van der Waals surface area contributed by atoms with Gasteiger partial charge in [-0.3, -0.25) is 9.59 Å². The Morgan fingerprint density at radius 1 is 1.29 bits per heavy atom. The fourth-order valence-electron chi connectivity index (χ4n) is 0.849. The summed E-state index contributed by atoms with van der Waals surface area (Å²) in [5.41, 5.74) is 10.3. The molecule has 5 heteroatoms. The van der Waals surface area contributed by atoms with Crippen LogP contribution >= 0.6 is 0 Å². The number of hydrogen-bond donors (Lipinski definition) is 3. The largest absolute Gasteiger partial charge is 0.370 e.